The Kier molecular flexibility index (Phi) is 4.99. The molecule has 0 aromatic rings. The van der Waals surface area contributed by atoms with Crippen LogP contribution in [-0.2, 0) is 14.3 Å². The Morgan fingerprint density at radius 1 is 1.10 bits per heavy atom. The number of ether oxygens (including phenoxy) is 1. The van der Waals surface area contributed by atoms with Gasteiger partial charge in [0.05, 0.1) is 0 Å². The number of hydrogen-bond donors (Lipinski definition) is 1. The van der Waals surface area contributed by atoms with Gasteiger partial charge < -0.3 is 20.3 Å². The van der Waals surface area contributed by atoms with Crippen LogP contribution in [0.3, 0.4) is 0 Å². The van der Waals surface area contributed by atoms with Crippen molar-refractivity contribution >= 4 is 11.8 Å². The Morgan fingerprint density at radius 2 is 1.65 bits per heavy atom. The van der Waals surface area contributed by atoms with Gasteiger partial charge in [-0.2, -0.15) is 0 Å². The lowest BCUT2D eigenvalue weighted by molar-refractivity contribution is -0.143. The molecule has 2 rings (SSSR count). The number of nitrogens with two attached hydrogens (primary N) is 1. The zero-order valence-electron chi connectivity index (χ0n) is 12.3. The fourth-order valence-corrected chi connectivity index (χ4v) is 2.98. The Hall–Kier alpha value is -1.14. The quantitative estimate of drug-likeness (QED) is 0.759. The SMILES string of the molecule is COCC(=O)N1CCN(C(=O)CC2(CN)CCC2)CC1. The maximum atomic E-state index is 12.3. The summed E-state index contributed by atoms with van der Waals surface area (Å²) in [7, 11) is 1.52. The van der Waals surface area contributed by atoms with Crippen molar-refractivity contribution in [1.29, 1.82) is 0 Å². The third kappa shape index (κ3) is 3.30. The average molecular weight is 283 g/mol. The summed E-state index contributed by atoms with van der Waals surface area (Å²) in [6.45, 7) is 3.16. The van der Waals surface area contributed by atoms with Crippen LogP contribution in [0.2, 0.25) is 0 Å². The van der Waals surface area contributed by atoms with Crippen LogP contribution in [0, 0.1) is 5.41 Å². The van der Waals surface area contributed by atoms with Gasteiger partial charge in [-0.1, -0.05) is 6.42 Å². The van der Waals surface area contributed by atoms with Crippen molar-refractivity contribution in [3.8, 4) is 0 Å². The topological polar surface area (TPSA) is 75.9 Å². The number of hydrogen-bond acceptors (Lipinski definition) is 4. The van der Waals surface area contributed by atoms with E-state index in [-0.39, 0.29) is 23.8 Å². The second-order valence-electron chi connectivity index (χ2n) is 5.93. The molecule has 20 heavy (non-hydrogen) atoms. The fourth-order valence-electron chi connectivity index (χ4n) is 2.98. The lowest BCUT2D eigenvalue weighted by Crippen LogP contribution is -2.53. The highest BCUT2D eigenvalue weighted by Gasteiger charge is 2.39. The van der Waals surface area contributed by atoms with Gasteiger partial charge >= 0.3 is 0 Å². The lowest BCUT2D eigenvalue weighted by Gasteiger charge is -2.42. The number of amides is 2. The lowest BCUT2D eigenvalue weighted by atomic mass is 9.66. The molecule has 6 heteroatoms. The number of carbonyl (C=O) groups excluding carboxylic acids is 2. The van der Waals surface area contributed by atoms with Gasteiger partial charge in [0.1, 0.15) is 6.61 Å². The van der Waals surface area contributed by atoms with Gasteiger partial charge in [-0.05, 0) is 24.8 Å². The smallest absolute Gasteiger partial charge is 0.248 e. The van der Waals surface area contributed by atoms with Crippen molar-refractivity contribution in [3.05, 3.63) is 0 Å². The number of piperazine rings is 1. The van der Waals surface area contributed by atoms with Gasteiger partial charge in [-0.3, -0.25) is 9.59 Å². The van der Waals surface area contributed by atoms with E-state index in [4.69, 9.17) is 10.5 Å². The summed E-state index contributed by atoms with van der Waals surface area (Å²) in [4.78, 5) is 27.6. The van der Waals surface area contributed by atoms with Crippen molar-refractivity contribution in [2.24, 2.45) is 11.1 Å². The predicted octanol–water partition coefficient (Wildman–Crippen LogP) is -0.177. The van der Waals surface area contributed by atoms with Crippen LogP contribution in [0.15, 0.2) is 0 Å². The Labute approximate surface area is 120 Å². The zero-order chi connectivity index (χ0) is 14.6. The van der Waals surface area contributed by atoms with E-state index in [1.54, 1.807) is 4.90 Å². The molecule has 1 saturated heterocycles. The first-order valence-electron chi connectivity index (χ1n) is 7.35. The van der Waals surface area contributed by atoms with Gasteiger partial charge in [0.2, 0.25) is 11.8 Å². The minimum absolute atomic E-state index is 0.00276. The molecule has 2 fully saturated rings. The molecule has 6 nitrogen and oxygen atoms in total. The molecule has 1 heterocycles. The van der Waals surface area contributed by atoms with E-state index < -0.39 is 0 Å². The van der Waals surface area contributed by atoms with Crippen molar-refractivity contribution in [1.82, 2.24) is 9.80 Å². The summed E-state index contributed by atoms with van der Waals surface area (Å²) in [5.74, 6) is 0.186. The van der Waals surface area contributed by atoms with Crippen molar-refractivity contribution in [2.45, 2.75) is 25.7 Å². The molecule has 1 aliphatic carbocycles. The number of nitrogens with zero attached hydrogens (tertiary/aromatic N) is 2. The first-order valence-corrected chi connectivity index (χ1v) is 7.35. The standard InChI is InChI=1S/C14H25N3O3/c1-20-10-13(19)17-7-5-16(6-8-17)12(18)9-14(11-15)3-2-4-14/h2-11,15H2,1H3. The molecule has 0 radical (unpaired) electrons. The van der Waals surface area contributed by atoms with E-state index in [0.717, 1.165) is 12.8 Å². The van der Waals surface area contributed by atoms with Crippen LogP contribution in [0.1, 0.15) is 25.7 Å². The molecule has 0 unspecified atom stereocenters. The maximum Gasteiger partial charge on any atom is 0.248 e. The third-order valence-electron chi connectivity index (χ3n) is 4.63. The van der Waals surface area contributed by atoms with Crippen LogP contribution in [0.25, 0.3) is 0 Å². The summed E-state index contributed by atoms with van der Waals surface area (Å²) >= 11 is 0. The first kappa shape index (κ1) is 15.3. The monoisotopic (exact) mass is 283 g/mol. The maximum absolute atomic E-state index is 12.3. The molecule has 2 aliphatic rings. The molecule has 2 N–H and O–H groups in total. The number of carbonyl (C=O) groups is 2. The number of rotatable bonds is 5. The zero-order valence-corrected chi connectivity index (χ0v) is 12.3. The largest absolute Gasteiger partial charge is 0.375 e. The normalized spacial score (nSPS) is 21.5. The third-order valence-corrected chi connectivity index (χ3v) is 4.63. The van der Waals surface area contributed by atoms with Gasteiger partial charge in [-0.25, -0.2) is 0 Å². The van der Waals surface area contributed by atoms with E-state index in [0.29, 0.717) is 39.1 Å². The van der Waals surface area contributed by atoms with E-state index >= 15 is 0 Å². The Morgan fingerprint density at radius 3 is 2.05 bits per heavy atom. The van der Waals surface area contributed by atoms with Gasteiger partial charge in [0, 0.05) is 39.7 Å². The van der Waals surface area contributed by atoms with Gasteiger partial charge in [-0.15, -0.1) is 0 Å². The number of methoxy groups -OCH3 is 1. The summed E-state index contributed by atoms with van der Waals surface area (Å²) in [6.07, 6.45) is 3.89. The van der Waals surface area contributed by atoms with E-state index in [1.807, 2.05) is 4.90 Å². The molecule has 2 amide bonds. The minimum Gasteiger partial charge on any atom is -0.375 e. The average Bonchev–Trinajstić information content (AvgIpc) is 2.43. The highest BCUT2D eigenvalue weighted by atomic mass is 16.5. The predicted molar refractivity (Wildman–Crippen MR) is 75.0 cm³/mol. The Bertz CT molecular complexity index is 355. The van der Waals surface area contributed by atoms with Crippen molar-refractivity contribution in [2.75, 3.05) is 46.4 Å². The molecule has 1 saturated carbocycles. The second kappa shape index (κ2) is 6.54. The van der Waals surface area contributed by atoms with Gasteiger partial charge in [0.15, 0.2) is 0 Å². The molecular formula is C14H25N3O3. The fraction of sp³-hybridized carbons (Fsp3) is 0.857. The molecule has 0 aromatic carbocycles. The summed E-state index contributed by atoms with van der Waals surface area (Å²) in [5.41, 5.74) is 5.86. The van der Waals surface area contributed by atoms with Crippen LogP contribution < -0.4 is 5.73 Å². The van der Waals surface area contributed by atoms with Crippen LogP contribution in [-0.4, -0.2) is 68.1 Å². The molecule has 0 bridgehead atoms. The van der Waals surface area contributed by atoms with E-state index in [1.165, 1.54) is 13.5 Å². The second-order valence-corrected chi connectivity index (χ2v) is 5.93. The summed E-state index contributed by atoms with van der Waals surface area (Å²) < 4.78 is 4.85. The van der Waals surface area contributed by atoms with Crippen LogP contribution in [0.5, 0.6) is 0 Å². The minimum atomic E-state index is -0.00276. The summed E-state index contributed by atoms with van der Waals surface area (Å²) in [6, 6.07) is 0. The highest BCUT2D eigenvalue weighted by molar-refractivity contribution is 5.79. The first-order chi connectivity index (χ1) is 9.60. The molecule has 0 aromatic heterocycles. The van der Waals surface area contributed by atoms with Crippen LogP contribution in [0.4, 0.5) is 0 Å². The molecule has 0 atom stereocenters. The van der Waals surface area contributed by atoms with E-state index in [2.05, 4.69) is 0 Å². The molecule has 1 aliphatic heterocycles. The molecule has 0 spiro atoms. The van der Waals surface area contributed by atoms with Gasteiger partial charge in [0.25, 0.3) is 0 Å². The molecule has 114 valence electrons. The van der Waals surface area contributed by atoms with Crippen LogP contribution >= 0.6 is 0 Å². The summed E-state index contributed by atoms with van der Waals surface area (Å²) in [5, 5.41) is 0. The highest BCUT2D eigenvalue weighted by Crippen LogP contribution is 2.43. The van der Waals surface area contributed by atoms with E-state index in [9.17, 15) is 9.59 Å². The Balaban J connectivity index is 1.78. The molecular weight excluding hydrogens is 258 g/mol. The van der Waals surface area contributed by atoms with Crippen molar-refractivity contribution in [3.63, 3.8) is 0 Å². The van der Waals surface area contributed by atoms with Crippen molar-refractivity contribution < 1.29 is 14.3 Å².